The van der Waals surface area contributed by atoms with Crippen molar-refractivity contribution in [3.8, 4) is 17.0 Å². The second kappa shape index (κ2) is 6.92. The summed E-state index contributed by atoms with van der Waals surface area (Å²) < 4.78 is 5.56. The maximum absolute atomic E-state index is 12.2. The van der Waals surface area contributed by atoms with Gasteiger partial charge in [-0.2, -0.15) is 0 Å². The number of thiazole rings is 1. The van der Waals surface area contributed by atoms with E-state index in [-0.39, 0.29) is 12.5 Å². The average molecular weight is 316 g/mol. The predicted octanol–water partition coefficient (Wildman–Crippen LogP) is 4.12. The van der Waals surface area contributed by atoms with E-state index in [9.17, 15) is 4.79 Å². The highest BCUT2D eigenvalue weighted by molar-refractivity contribution is 7.07. The molecule has 1 amide bonds. The number of ether oxygens (including phenoxy) is 1. The molecule has 116 valence electrons. The molecule has 1 aromatic heterocycles. The molecule has 0 fully saturated rings. The number of nitrogens with zero attached hydrogens (tertiary/aromatic N) is 2. The third-order valence-electron chi connectivity index (χ3n) is 3.87. The highest BCUT2D eigenvalue weighted by Gasteiger charge is 2.25. The van der Waals surface area contributed by atoms with Gasteiger partial charge < -0.3 is 9.64 Å². The second-order valence-electron chi connectivity index (χ2n) is 5.45. The molecule has 0 N–H and O–H groups in total. The fourth-order valence-electron chi connectivity index (χ4n) is 2.66. The second-order valence-corrected chi connectivity index (χ2v) is 6.17. The lowest BCUT2D eigenvalue weighted by molar-refractivity contribution is -0.121. The number of hydrogen-bond acceptors (Lipinski definition) is 4. The Kier molecular flexibility index (Phi) is 4.73. The summed E-state index contributed by atoms with van der Waals surface area (Å²) in [6, 6.07) is 5.95. The number of hydrogen-bond donors (Lipinski definition) is 0. The van der Waals surface area contributed by atoms with Crippen molar-refractivity contribution in [2.24, 2.45) is 0 Å². The van der Waals surface area contributed by atoms with Crippen LogP contribution in [0.25, 0.3) is 11.3 Å². The first-order valence-electron chi connectivity index (χ1n) is 7.75. The van der Waals surface area contributed by atoms with E-state index in [0.29, 0.717) is 0 Å². The first-order valence-corrected chi connectivity index (χ1v) is 8.69. The van der Waals surface area contributed by atoms with Crippen LogP contribution >= 0.6 is 11.3 Å². The number of rotatable bonds is 6. The van der Waals surface area contributed by atoms with Gasteiger partial charge in [-0.3, -0.25) is 4.79 Å². The first-order chi connectivity index (χ1) is 10.8. The molecule has 0 radical (unpaired) electrons. The van der Waals surface area contributed by atoms with Gasteiger partial charge in [0.05, 0.1) is 16.9 Å². The molecule has 0 bridgehead atoms. The summed E-state index contributed by atoms with van der Waals surface area (Å²) in [5.74, 6) is 0.827. The Balaban J connectivity index is 1.83. The summed E-state index contributed by atoms with van der Waals surface area (Å²) in [7, 11) is 0. The highest BCUT2D eigenvalue weighted by Crippen LogP contribution is 2.36. The molecule has 1 aromatic carbocycles. The third-order valence-corrected chi connectivity index (χ3v) is 4.45. The summed E-state index contributed by atoms with van der Waals surface area (Å²) in [6.45, 7) is 3.09. The van der Waals surface area contributed by atoms with Gasteiger partial charge in [0.25, 0.3) is 5.91 Å². The standard InChI is InChI=1S/C17H20N2O2S/c1-2-3-4-5-8-19-15-9-13(14-11-22-12-18-14)6-7-16(15)21-10-17(19)20/h6-7,9,11-12H,2-5,8,10H2,1H3. The van der Waals surface area contributed by atoms with E-state index >= 15 is 0 Å². The third kappa shape index (κ3) is 3.14. The van der Waals surface area contributed by atoms with E-state index in [1.54, 1.807) is 11.3 Å². The Bertz CT molecular complexity index is 640. The number of carbonyl (C=O) groups excluding carboxylic acids is 1. The lowest BCUT2D eigenvalue weighted by Crippen LogP contribution is -2.39. The van der Waals surface area contributed by atoms with Crippen molar-refractivity contribution >= 4 is 22.9 Å². The van der Waals surface area contributed by atoms with Gasteiger partial charge in [0.15, 0.2) is 6.61 Å². The molecule has 0 saturated heterocycles. The van der Waals surface area contributed by atoms with Gasteiger partial charge in [-0.05, 0) is 24.6 Å². The van der Waals surface area contributed by atoms with Gasteiger partial charge in [-0.15, -0.1) is 11.3 Å². The number of anilines is 1. The molecule has 2 aromatic rings. The molecule has 0 spiro atoms. The molecular weight excluding hydrogens is 296 g/mol. The van der Waals surface area contributed by atoms with Crippen molar-refractivity contribution in [1.29, 1.82) is 0 Å². The van der Waals surface area contributed by atoms with E-state index in [0.717, 1.165) is 42.1 Å². The largest absolute Gasteiger partial charge is 0.482 e. The van der Waals surface area contributed by atoms with Crippen LogP contribution in [0.3, 0.4) is 0 Å². The zero-order valence-corrected chi connectivity index (χ0v) is 13.6. The smallest absolute Gasteiger partial charge is 0.265 e. The van der Waals surface area contributed by atoms with Crippen molar-refractivity contribution in [2.75, 3.05) is 18.1 Å². The van der Waals surface area contributed by atoms with Crippen LogP contribution < -0.4 is 9.64 Å². The number of benzene rings is 1. The van der Waals surface area contributed by atoms with E-state index in [4.69, 9.17) is 4.74 Å². The topological polar surface area (TPSA) is 42.4 Å². The van der Waals surface area contributed by atoms with E-state index in [1.807, 2.05) is 34.0 Å². The fraction of sp³-hybridized carbons (Fsp3) is 0.412. The Morgan fingerprint density at radius 1 is 1.32 bits per heavy atom. The number of fused-ring (bicyclic) bond motifs is 1. The highest BCUT2D eigenvalue weighted by atomic mass is 32.1. The first kappa shape index (κ1) is 15.0. The molecule has 0 saturated carbocycles. The van der Waals surface area contributed by atoms with Crippen LogP contribution in [-0.2, 0) is 4.79 Å². The number of unbranched alkanes of at least 4 members (excludes halogenated alkanes) is 3. The van der Waals surface area contributed by atoms with E-state index in [1.165, 1.54) is 12.8 Å². The summed E-state index contributed by atoms with van der Waals surface area (Å²) in [4.78, 5) is 18.4. The molecule has 1 aliphatic heterocycles. The number of aromatic nitrogens is 1. The zero-order valence-electron chi connectivity index (χ0n) is 12.7. The van der Waals surface area contributed by atoms with Crippen LogP contribution in [-0.4, -0.2) is 24.0 Å². The normalized spacial score (nSPS) is 13.9. The van der Waals surface area contributed by atoms with Gasteiger partial charge in [0.1, 0.15) is 5.75 Å². The van der Waals surface area contributed by atoms with Crippen LogP contribution in [0.1, 0.15) is 32.6 Å². The van der Waals surface area contributed by atoms with Crippen LogP contribution in [0, 0.1) is 0 Å². The SMILES string of the molecule is CCCCCCN1C(=O)COc2ccc(-c3cscn3)cc21. The zero-order chi connectivity index (χ0) is 15.4. The van der Waals surface area contributed by atoms with Crippen LogP contribution in [0.2, 0.25) is 0 Å². The van der Waals surface area contributed by atoms with Gasteiger partial charge >= 0.3 is 0 Å². The van der Waals surface area contributed by atoms with Gasteiger partial charge in [-0.1, -0.05) is 26.2 Å². The minimum absolute atomic E-state index is 0.0411. The van der Waals surface area contributed by atoms with Gasteiger partial charge in [0.2, 0.25) is 0 Å². The monoisotopic (exact) mass is 316 g/mol. The number of carbonyl (C=O) groups is 1. The quantitative estimate of drug-likeness (QED) is 0.753. The molecule has 0 aliphatic carbocycles. The Morgan fingerprint density at radius 3 is 3.00 bits per heavy atom. The lowest BCUT2D eigenvalue weighted by Gasteiger charge is -2.29. The van der Waals surface area contributed by atoms with Crippen LogP contribution in [0.5, 0.6) is 5.75 Å². The Hall–Kier alpha value is -1.88. The Morgan fingerprint density at radius 2 is 2.23 bits per heavy atom. The molecule has 3 rings (SSSR count). The minimum atomic E-state index is 0.0411. The van der Waals surface area contributed by atoms with Crippen molar-refractivity contribution in [1.82, 2.24) is 4.98 Å². The van der Waals surface area contributed by atoms with E-state index < -0.39 is 0 Å². The maximum atomic E-state index is 12.2. The van der Waals surface area contributed by atoms with Crippen LogP contribution in [0.15, 0.2) is 29.1 Å². The van der Waals surface area contributed by atoms with Gasteiger partial charge in [-0.25, -0.2) is 4.98 Å². The van der Waals surface area contributed by atoms with Gasteiger partial charge in [0, 0.05) is 17.5 Å². The molecule has 4 nitrogen and oxygen atoms in total. The van der Waals surface area contributed by atoms with Crippen molar-refractivity contribution in [2.45, 2.75) is 32.6 Å². The Labute approximate surface area is 134 Å². The molecular formula is C17H20N2O2S. The van der Waals surface area contributed by atoms with E-state index in [2.05, 4.69) is 11.9 Å². The summed E-state index contributed by atoms with van der Waals surface area (Å²) in [6.07, 6.45) is 4.59. The summed E-state index contributed by atoms with van der Waals surface area (Å²) in [5, 5.41) is 2.01. The number of amides is 1. The molecule has 0 unspecified atom stereocenters. The fourth-order valence-corrected chi connectivity index (χ4v) is 3.22. The predicted molar refractivity (Wildman–Crippen MR) is 89.5 cm³/mol. The average Bonchev–Trinajstić information content (AvgIpc) is 3.07. The van der Waals surface area contributed by atoms with Crippen molar-refractivity contribution in [3.05, 3.63) is 29.1 Å². The molecule has 2 heterocycles. The molecule has 1 aliphatic rings. The minimum Gasteiger partial charge on any atom is -0.482 e. The molecule has 5 heteroatoms. The van der Waals surface area contributed by atoms with Crippen molar-refractivity contribution in [3.63, 3.8) is 0 Å². The maximum Gasteiger partial charge on any atom is 0.265 e. The lowest BCUT2D eigenvalue weighted by atomic mass is 10.1. The van der Waals surface area contributed by atoms with Crippen molar-refractivity contribution < 1.29 is 9.53 Å². The van der Waals surface area contributed by atoms with Crippen LogP contribution in [0.4, 0.5) is 5.69 Å². The molecule has 22 heavy (non-hydrogen) atoms. The summed E-state index contributed by atoms with van der Waals surface area (Å²) >= 11 is 1.57. The summed E-state index contributed by atoms with van der Waals surface area (Å²) in [5.41, 5.74) is 4.66. The molecule has 0 atom stereocenters.